The molecule has 0 spiro atoms. The maximum atomic E-state index is 11.4. The number of rotatable bonds is 3. The molecule has 1 N–H and O–H groups in total. The second-order valence-electron chi connectivity index (χ2n) is 4.44. The van der Waals surface area contributed by atoms with Crippen LogP contribution in [-0.4, -0.2) is 30.7 Å². The van der Waals surface area contributed by atoms with Crippen molar-refractivity contribution in [2.24, 2.45) is 0 Å². The molecular formula is C14H11ClN4O2. The van der Waals surface area contributed by atoms with Crippen molar-refractivity contribution >= 4 is 23.3 Å². The fourth-order valence-electron chi connectivity index (χ4n) is 2.01. The number of halogens is 1. The number of hydrogen-bond donors (Lipinski definition) is 1. The van der Waals surface area contributed by atoms with Crippen molar-refractivity contribution < 1.29 is 9.90 Å². The van der Waals surface area contributed by atoms with Gasteiger partial charge in [0.2, 0.25) is 0 Å². The SMILES string of the molecule is CCc1nc2nc(-c3cccc(Cl)c3)cc(C(=O)O)n2n1. The predicted molar refractivity (Wildman–Crippen MR) is 77.6 cm³/mol. The zero-order valence-electron chi connectivity index (χ0n) is 11.1. The lowest BCUT2D eigenvalue weighted by Gasteiger charge is -2.04. The molecule has 7 heteroatoms. The van der Waals surface area contributed by atoms with Crippen LogP contribution in [0.25, 0.3) is 17.0 Å². The molecule has 3 rings (SSSR count). The zero-order chi connectivity index (χ0) is 15.0. The highest BCUT2D eigenvalue weighted by molar-refractivity contribution is 6.30. The number of aromatic carboxylic acids is 1. The maximum absolute atomic E-state index is 11.4. The van der Waals surface area contributed by atoms with Gasteiger partial charge in [-0.1, -0.05) is 30.7 Å². The van der Waals surface area contributed by atoms with E-state index in [0.29, 0.717) is 23.0 Å². The number of benzene rings is 1. The third-order valence-corrected chi connectivity index (χ3v) is 3.25. The average molecular weight is 303 g/mol. The molecule has 0 radical (unpaired) electrons. The standard InChI is InChI=1S/C14H11ClN4O2/c1-2-12-17-14-16-10(8-4-3-5-9(15)6-8)7-11(13(20)21)19(14)18-12/h3-7H,2H2,1H3,(H,20,21). The topological polar surface area (TPSA) is 80.4 Å². The summed E-state index contributed by atoms with van der Waals surface area (Å²) in [5.41, 5.74) is 1.24. The van der Waals surface area contributed by atoms with Crippen LogP contribution in [-0.2, 0) is 6.42 Å². The van der Waals surface area contributed by atoms with Crippen LogP contribution in [0.4, 0.5) is 0 Å². The van der Waals surface area contributed by atoms with E-state index in [4.69, 9.17) is 11.6 Å². The van der Waals surface area contributed by atoms with Gasteiger partial charge in [0.05, 0.1) is 5.69 Å². The first-order valence-corrected chi connectivity index (χ1v) is 6.72. The smallest absolute Gasteiger partial charge is 0.354 e. The molecule has 0 amide bonds. The highest BCUT2D eigenvalue weighted by Gasteiger charge is 2.16. The van der Waals surface area contributed by atoms with Crippen molar-refractivity contribution in [3.05, 3.63) is 46.9 Å². The number of aromatic nitrogens is 4. The van der Waals surface area contributed by atoms with Crippen molar-refractivity contribution in [3.8, 4) is 11.3 Å². The highest BCUT2D eigenvalue weighted by Crippen LogP contribution is 2.22. The van der Waals surface area contributed by atoms with Gasteiger partial charge < -0.3 is 5.11 Å². The van der Waals surface area contributed by atoms with Gasteiger partial charge in [-0.3, -0.25) is 0 Å². The minimum absolute atomic E-state index is 0.0159. The molecule has 21 heavy (non-hydrogen) atoms. The molecule has 106 valence electrons. The maximum Gasteiger partial charge on any atom is 0.354 e. The Balaban J connectivity index is 2.27. The van der Waals surface area contributed by atoms with Gasteiger partial charge in [-0.15, -0.1) is 5.10 Å². The summed E-state index contributed by atoms with van der Waals surface area (Å²) in [4.78, 5) is 20.0. The Hall–Kier alpha value is -2.47. The fraction of sp³-hybridized carbons (Fsp3) is 0.143. The van der Waals surface area contributed by atoms with E-state index in [1.807, 2.05) is 13.0 Å². The lowest BCUT2D eigenvalue weighted by atomic mass is 10.1. The number of carboxylic acids is 1. The van der Waals surface area contributed by atoms with Crippen LogP contribution in [0.2, 0.25) is 5.02 Å². The largest absolute Gasteiger partial charge is 0.477 e. The monoisotopic (exact) mass is 302 g/mol. The van der Waals surface area contributed by atoms with Crippen LogP contribution in [0.3, 0.4) is 0 Å². The summed E-state index contributed by atoms with van der Waals surface area (Å²) < 4.78 is 1.25. The second-order valence-corrected chi connectivity index (χ2v) is 4.87. The van der Waals surface area contributed by atoms with E-state index in [2.05, 4.69) is 15.1 Å². The summed E-state index contributed by atoms with van der Waals surface area (Å²) >= 11 is 5.96. The van der Waals surface area contributed by atoms with Crippen molar-refractivity contribution in [3.63, 3.8) is 0 Å². The molecular weight excluding hydrogens is 292 g/mol. The van der Waals surface area contributed by atoms with Crippen LogP contribution in [0.1, 0.15) is 23.2 Å². The molecule has 0 fully saturated rings. The molecule has 0 aliphatic heterocycles. The summed E-state index contributed by atoms with van der Waals surface area (Å²) in [5, 5.41) is 14.0. The number of fused-ring (bicyclic) bond motifs is 1. The molecule has 0 saturated heterocycles. The summed E-state index contributed by atoms with van der Waals surface area (Å²) in [7, 11) is 0. The first-order chi connectivity index (χ1) is 10.1. The van der Waals surface area contributed by atoms with Gasteiger partial charge in [-0.25, -0.2) is 9.78 Å². The van der Waals surface area contributed by atoms with Crippen molar-refractivity contribution in [1.29, 1.82) is 0 Å². The Bertz CT molecular complexity index is 844. The number of carbonyl (C=O) groups is 1. The first kappa shape index (κ1) is 13.5. The molecule has 0 aliphatic carbocycles. The van der Waals surface area contributed by atoms with Crippen LogP contribution in [0, 0.1) is 0 Å². The fourth-order valence-corrected chi connectivity index (χ4v) is 2.20. The molecule has 0 unspecified atom stereocenters. The van der Waals surface area contributed by atoms with Gasteiger partial charge in [-0.05, 0) is 18.2 Å². The van der Waals surface area contributed by atoms with E-state index in [1.54, 1.807) is 18.2 Å². The van der Waals surface area contributed by atoms with E-state index >= 15 is 0 Å². The third-order valence-electron chi connectivity index (χ3n) is 3.01. The van der Waals surface area contributed by atoms with E-state index in [-0.39, 0.29) is 11.5 Å². The van der Waals surface area contributed by atoms with Gasteiger partial charge in [0, 0.05) is 17.0 Å². The zero-order valence-corrected chi connectivity index (χ0v) is 11.9. The third kappa shape index (κ3) is 2.45. The minimum Gasteiger partial charge on any atom is -0.477 e. The second kappa shape index (κ2) is 5.14. The molecule has 1 aromatic carbocycles. The molecule has 2 aromatic heterocycles. The Morgan fingerprint density at radius 1 is 1.33 bits per heavy atom. The van der Waals surface area contributed by atoms with Crippen LogP contribution >= 0.6 is 11.6 Å². The normalized spacial score (nSPS) is 11.0. The summed E-state index contributed by atoms with van der Waals surface area (Å²) in [6.07, 6.45) is 0.606. The Morgan fingerprint density at radius 3 is 2.81 bits per heavy atom. The summed E-state index contributed by atoms with van der Waals surface area (Å²) in [6.45, 7) is 1.90. The molecule has 0 aliphatic rings. The Morgan fingerprint density at radius 2 is 2.14 bits per heavy atom. The van der Waals surface area contributed by atoms with E-state index in [1.165, 1.54) is 10.6 Å². The molecule has 3 aromatic rings. The lowest BCUT2D eigenvalue weighted by molar-refractivity contribution is 0.0687. The summed E-state index contributed by atoms with van der Waals surface area (Å²) in [6, 6.07) is 8.53. The van der Waals surface area contributed by atoms with Gasteiger partial charge in [0.15, 0.2) is 11.5 Å². The van der Waals surface area contributed by atoms with E-state index in [0.717, 1.165) is 5.56 Å². The van der Waals surface area contributed by atoms with Crippen LogP contribution in [0.5, 0.6) is 0 Å². The van der Waals surface area contributed by atoms with Crippen LogP contribution < -0.4 is 0 Å². The predicted octanol–water partition coefficient (Wildman–Crippen LogP) is 2.71. The van der Waals surface area contributed by atoms with Gasteiger partial charge in [0.25, 0.3) is 5.78 Å². The van der Waals surface area contributed by atoms with Gasteiger partial charge >= 0.3 is 5.97 Å². The molecule has 6 nitrogen and oxygen atoms in total. The molecule has 0 bridgehead atoms. The Labute approximate surface area is 125 Å². The van der Waals surface area contributed by atoms with E-state index in [9.17, 15) is 9.90 Å². The average Bonchev–Trinajstić information content (AvgIpc) is 2.88. The molecule has 2 heterocycles. The molecule has 0 atom stereocenters. The number of aryl methyl sites for hydroxylation is 1. The highest BCUT2D eigenvalue weighted by atomic mass is 35.5. The van der Waals surface area contributed by atoms with Crippen molar-refractivity contribution in [1.82, 2.24) is 19.6 Å². The number of hydrogen-bond acceptors (Lipinski definition) is 4. The van der Waals surface area contributed by atoms with Crippen molar-refractivity contribution in [2.75, 3.05) is 0 Å². The van der Waals surface area contributed by atoms with Crippen LogP contribution in [0.15, 0.2) is 30.3 Å². The lowest BCUT2D eigenvalue weighted by Crippen LogP contribution is -2.08. The quantitative estimate of drug-likeness (QED) is 0.804. The summed E-state index contributed by atoms with van der Waals surface area (Å²) in [5.74, 6) is -0.270. The number of carboxylic acid groups (broad SMARTS) is 1. The van der Waals surface area contributed by atoms with Gasteiger partial charge in [-0.2, -0.15) is 9.50 Å². The minimum atomic E-state index is -1.08. The van der Waals surface area contributed by atoms with Crippen molar-refractivity contribution in [2.45, 2.75) is 13.3 Å². The first-order valence-electron chi connectivity index (χ1n) is 6.34. The number of nitrogens with zero attached hydrogens (tertiary/aromatic N) is 4. The van der Waals surface area contributed by atoms with E-state index < -0.39 is 5.97 Å². The molecule has 0 saturated carbocycles. The Kier molecular flexibility index (Phi) is 3.31. The van der Waals surface area contributed by atoms with Gasteiger partial charge in [0.1, 0.15) is 0 Å².